The van der Waals surface area contributed by atoms with Gasteiger partial charge >= 0.3 is 0 Å². The summed E-state index contributed by atoms with van der Waals surface area (Å²) in [5.41, 5.74) is 6.32. The van der Waals surface area contributed by atoms with Crippen LogP contribution in [0.15, 0.2) is 84.7 Å². The highest BCUT2D eigenvalue weighted by atomic mass is 16.3. The number of hydrogen-bond acceptors (Lipinski definition) is 2. The lowest BCUT2D eigenvalue weighted by Gasteiger charge is -2.22. The highest BCUT2D eigenvalue weighted by molar-refractivity contribution is 5.57. The van der Waals surface area contributed by atoms with E-state index in [0.29, 0.717) is 11.7 Å². The first kappa shape index (κ1) is 18.7. The molecule has 2 aromatic carbocycles. The summed E-state index contributed by atoms with van der Waals surface area (Å²) < 4.78 is 4.68. The molecule has 30 heavy (non-hydrogen) atoms. The minimum atomic E-state index is 0.226. The maximum Gasteiger partial charge on any atom is 0.238 e. The summed E-state index contributed by atoms with van der Waals surface area (Å²) in [6.07, 6.45) is 6.97. The van der Waals surface area contributed by atoms with Gasteiger partial charge in [-0.2, -0.15) is 0 Å². The molecule has 4 heteroatoms. The standard InChI is InChI=1S/C26H27N3O/c1-27(2)20-11-9-18(10-12-20)15-22-23-16-21(30)13-14-24(23)29-26(22)17-25(28(29)3)19-7-5-4-6-8-19/h4-14,16-17,22-24H,15H2,1-3H3/p+1. The number of allylic oxidation sites excluding steroid dienone is 3. The van der Waals surface area contributed by atoms with Gasteiger partial charge in [-0.25, -0.2) is 0 Å². The third kappa shape index (κ3) is 3.04. The van der Waals surface area contributed by atoms with Crippen molar-refractivity contribution >= 4 is 5.69 Å². The van der Waals surface area contributed by atoms with E-state index in [9.17, 15) is 5.11 Å². The van der Waals surface area contributed by atoms with E-state index in [1.165, 1.54) is 28.2 Å². The van der Waals surface area contributed by atoms with Gasteiger partial charge in [-0.05, 0) is 48.4 Å². The van der Waals surface area contributed by atoms with Crippen LogP contribution in [-0.4, -0.2) is 23.9 Å². The number of rotatable bonds is 4. The molecular formula is C26H28N3O+. The molecule has 0 spiro atoms. The van der Waals surface area contributed by atoms with Gasteiger partial charge in [0.05, 0.1) is 5.69 Å². The number of hydrogen-bond donors (Lipinski definition) is 1. The molecule has 1 aliphatic carbocycles. The molecule has 0 amide bonds. The summed E-state index contributed by atoms with van der Waals surface area (Å²) in [6.45, 7) is 0. The summed E-state index contributed by atoms with van der Waals surface area (Å²) in [7, 11) is 6.27. The zero-order chi connectivity index (χ0) is 20.8. The topological polar surface area (TPSA) is 32.3 Å². The number of nitrogens with zero attached hydrogens (tertiary/aromatic N) is 3. The molecule has 0 saturated carbocycles. The Morgan fingerprint density at radius 2 is 1.77 bits per heavy atom. The zero-order valence-electron chi connectivity index (χ0n) is 17.7. The van der Waals surface area contributed by atoms with Gasteiger partial charge in [0.2, 0.25) is 5.69 Å². The third-order valence-electron chi connectivity index (χ3n) is 6.55. The molecule has 152 valence electrons. The molecule has 1 aliphatic heterocycles. The van der Waals surface area contributed by atoms with Crippen LogP contribution in [-0.2, 0) is 13.5 Å². The van der Waals surface area contributed by atoms with Crippen molar-refractivity contribution in [2.45, 2.75) is 18.4 Å². The van der Waals surface area contributed by atoms with Crippen molar-refractivity contribution in [3.63, 3.8) is 0 Å². The number of aliphatic hydroxyl groups excluding tert-OH is 1. The smallest absolute Gasteiger partial charge is 0.238 e. The van der Waals surface area contributed by atoms with Gasteiger partial charge in [0.1, 0.15) is 11.8 Å². The van der Waals surface area contributed by atoms with Crippen LogP contribution in [0.2, 0.25) is 0 Å². The summed E-state index contributed by atoms with van der Waals surface area (Å²) >= 11 is 0. The molecule has 0 radical (unpaired) electrons. The summed E-state index contributed by atoms with van der Waals surface area (Å²) in [5, 5.41) is 10.2. The molecule has 3 aromatic rings. The Kier molecular flexibility index (Phi) is 4.50. The largest absolute Gasteiger partial charge is 0.508 e. The van der Waals surface area contributed by atoms with Crippen LogP contribution in [0.1, 0.15) is 23.2 Å². The fourth-order valence-electron chi connectivity index (χ4n) is 5.01. The molecule has 2 aliphatic rings. The number of fused-ring (bicyclic) bond motifs is 3. The second-order valence-corrected chi connectivity index (χ2v) is 8.58. The highest BCUT2D eigenvalue weighted by Gasteiger charge is 2.45. The van der Waals surface area contributed by atoms with Crippen LogP contribution < -0.4 is 9.58 Å². The Hall–Kier alpha value is -3.27. The van der Waals surface area contributed by atoms with Crippen LogP contribution in [0.4, 0.5) is 5.69 Å². The first-order valence-corrected chi connectivity index (χ1v) is 10.5. The van der Waals surface area contributed by atoms with Crippen molar-refractivity contribution in [3.05, 3.63) is 95.9 Å². The molecule has 4 nitrogen and oxygen atoms in total. The van der Waals surface area contributed by atoms with Gasteiger partial charge in [-0.15, -0.1) is 9.36 Å². The lowest BCUT2D eigenvalue weighted by Crippen LogP contribution is -2.42. The normalized spacial score (nSPS) is 21.8. The fourth-order valence-corrected chi connectivity index (χ4v) is 5.01. The van der Waals surface area contributed by atoms with Crippen LogP contribution in [0.5, 0.6) is 0 Å². The summed E-state index contributed by atoms with van der Waals surface area (Å²) in [5.74, 6) is 0.950. The van der Waals surface area contributed by atoms with E-state index in [4.69, 9.17) is 0 Å². The van der Waals surface area contributed by atoms with Gasteiger partial charge in [0.15, 0.2) is 7.05 Å². The van der Waals surface area contributed by atoms with Crippen molar-refractivity contribution in [3.8, 4) is 11.3 Å². The van der Waals surface area contributed by atoms with E-state index in [-0.39, 0.29) is 12.0 Å². The average Bonchev–Trinajstić information content (AvgIpc) is 3.24. The Bertz CT molecular complexity index is 1120. The minimum Gasteiger partial charge on any atom is -0.508 e. The lowest BCUT2D eigenvalue weighted by molar-refractivity contribution is -0.745. The lowest BCUT2D eigenvalue weighted by atomic mass is 9.81. The van der Waals surface area contributed by atoms with Gasteiger partial charge in [-0.1, -0.05) is 36.4 Å². The molecule has 0 bridgehead atoms. The fraction of sp³-hybridized carbons (Fsp3) is 0.269. The van der Waals surface area contributed by atoms with Gasteiger partial charge < -0.3 is 10.0 Å². The molecule has 0 fully saturated rings. The monoisotopic (exact) mass is 398 g/mol. The Balaban J connectivity index is 1.56. The van der Waals surface area contributed by atoms with Crippen molar-refractivity contribution in [2.75, 3.05) is 19.0 Å². The van der Waals surface area contributed by atoms with E-state index in [1.54, 1.807) is 0 Å². The summed E-state index contributed by atoms with van der Waals surface area (Å²) in [4.78, 5) is 2.12. The summed E-state index contributed by atoms with van der Waals surface area (Å²) in [6, 6.07) is 22.0. The number of aliphatic hydroxyl groups is 1. The van der Waals surface area contributed by atoms with Gasteiger partial charge in [0, 0.05) is 43.2 Å². The second kappa shape index (κ2) is 7.21. The van der Waals surface area contributed by atoms with Crippen LogP contribution >= 0.6 is 0 Å². The van der Waals surface area contributed by atoms with Crippen molar-refractivity contribution in [1.29, 1.82) is 0 Å². The van der Waals surface area contributed by atoms with Crippen LogP contribution in [0.25, 0.3) is 11.3 Å². The Morgan fingerprint density at radius 3 is 2.47 bits per heavy atom. The van der Waals surface area contributed by atoms with E-state index < -0.39 is 0 Å². The van der Waals surface area contributed by atoms with Crippen molar-refractivity contribution in [1.82, 2.24) is 4.68 Å². The molecule has 1 aromatic heterocycles. The number of aromatic nitrogens is 2. The molecular weight excluding hydrogens is 370 g/mol. The van der Waals surface area contributed by atoms with Crippen molar-refractivity contribution in [2.24, 2.45) is 13.0 Å². The molecule has 3 unspecified atom stereocenters. The maximum absolute atomic E-state index is 10.2. The molecule has 3 atom stereocenters. The van der Waals surface area contributed by atoms with E-state index in [2.05, 4.69) is 102 Å². The van der Waals surface area contributed by atoms with Gasteiger partial charge in [0.25, 0.3) is 0 Å². The van der Waals surface area contributed by atoms with E-state index >= 15 is 0 Å². The third-order valence-corrected chi connectivity index (χ3v) is 6.55. The van der Waals surface area contributed by atoms with Crippen LogP contribution in [0.3, 0.4) is 0 Å². The predicted molar refractivity (Wildman–Crippen MR) is 121 cm³/mol. The first-order valence-electron chi connectivity index (χ1n) is 10.5. The Labute approximate surface area is 178 Å². The number of benzene rings is 2. The van der Waals surface area contributed by atoms with E-state index in [1.807, 2.05) is 12.2 Å². The average molecular weight is 399 g/mol. The SMILES string of the molecule is CN(C)c1ccc(CC2c3cc(-c4ccccc4)[n+](C)n3C3C=CC(O)=CC23)cc1. The maximum atomic E-state index is 10.2. The Morgan fingerprint density at radius 1 is 1.03 bits per heavy atom. The quantitative estimate of drug-likeness (QED) is 0.654. The minimum absolute atomic E-state index is 0.226. The molecule has 1 N–H and O–H groups in total. The molecule has 5 rings (SSSR count). The van der Waals surface area contributed by atoms with Gasteiger partial charge in [-0.3, -0.25) is 0 Å². The molecule has 0 saturated heterocycles. The van der Waals surface area contributed by atoms with Crippen molar-refractivity contribution < 1.29 is 9.79 Å². The number of anilines is 1. The molecule has 2 heterocycles. The highest BCUT2D eigenvalue weighted by Crippen LogP contribution is 2.47. The predicted octanol–water partition coefficient (Wildman–Crippen LogP) is 4.55. The zero-order valence-corrected chi connectivity index (χ0v) is 17.7. The second-order valence-electron chi connectivity index (χ2n) is 8.58. The first-order chi connectivity index (χ1) is 14.5. The van der Waals surface area contributed by atoms with Crippen LogP contribution in [0, 0.1) is 5.92 Å². The van der Waals surface area contributed by atoms with E-state index in [0.717, 1.165) is 6.42 Å².